The number of aromatic amines is 1. The minimum atomic E-state index is -0.558. The van der Waals surface area contributed by atoms with Crippen LogP contribution >= 0.6 is 0 Å². The molecule has 2 atom stereocenters. The summed E-state index contributed by atoms with van der Waals surface area (Å²) < 4.78 is 15.1. The van der Waals surface area contributed by atoms with Crippen molar-refractivity contribution < 1.29 is 14.3 Å². The van der Waals surface area contributed by atoms with Gasteiger partial charge in [0.05, 0.1) is 11.8 Å². The number of β-amino-alcohol motifs (C(OH)–C–C–N with tert-alkyl or cyclic N) is 1. The summed E-state index contributed by atoms with van der Waals surface area (Å²) in [7, 11) is 0. The molecule has 254 valence electrons. The number of H-pyrrole nitrogens is 1. The van der Waals surface area contributed by atoms with Gasteiger partial charge < -0.3 is 25.6 Å². The van der Waals surface area contributed by atoms with Gasteiger partial charge in [-0.25, -0.2) is 19.2 Å². The molecule has 0 bridgehead atoms. The number of aliphatic hydroxyl groups excluding tert-OH is 1. The van der Waals surface area contributed by atoms with Gasteiger partial charge in [0.2, 0.25) is 0 Å². The van der Waals surface area contributed by atoms with Crippen LogP contribution in [-0.4, -0.2) is 81.3 Å². The second-order valence-electron chi connectivity index (χ2n) is 14.8. The number of rotatable bonds is 7. The molecule has 0 saturated carbocycles. The number of fused-ring (bicyclic) bond motifs is 1. The minimum absolute atomic E-state index is 0.0369. The Morgan fingerprint density at radius 1 is 1.06 bits per heavy atom. The molecule has 48 heavy (non-hydrogen) atoms. The van der Waals surface area contributed by atoms with Crippen LogP contribution in [0.25, 0.3) is 33.5 Å². The van der Waals surface area contributed by atoms with Crippen LogP contribution in [0.5, 0.6) is 0 Å². The molecule has 3 fully saturated rings. The fraction of sp³-hybridized carbons (Fsp3) is 0.500. The van der Waals surface area contributed by atoms with Crippen LogP contribution in [0.2, 0.25) is 0 Å². The van der Waals surface area contributed by atoms with Gasteiger partial charge in [-0.1, -0.05) is 38.1 Å². The van der Waals surface area contributed by atoms with Crippen molar-refractivity contribution in [2.75, 3.05) is 44.6 Å². The highest BCUT2D eigenvalue weighted by molar-refractivity contribution is 5.97. The lowest BCUT2D eigenvalue weighted by atomic mass is 9.71. The van der Waals surface area contributed by atoms with Crippen molar-refractivity contribution in [2.45, 2.75) is 65.5 Å². The standard InChI is InChI=1S/C38H48FN7O2/c1-24(2)16-28-21-46(22-34(28)47)37(48)44-32-18-29(39)17-30(25(32)3)35-31-19-33(43-36(31)42-23-41-35)27-6-4-26(5-7-27)20-45-14-10-38(11-15-45)8-12-40-13-9-38/h4-7,17-19,23-24,28,34,40,47H,8-16,20-22H2,1-3H3,(H,44,48)(H,41,42,43). The van der Waals surface area contributed by atoms with Gasteiger partial charge >= 0.3 is 6.03 Å². The Morgan fingerprint density at radius 2 is 1.81 bits per heavy atom. The molecule has 2 amide bonds. The van der Waals surface area contributed by atoms with E-state index in [2.05, 4.69) is 68.6 Å². The molecule has 4 N–H and O–H groups in total. The largest absolute Gasteiger partial charge is 0.391 e. The van der Waals surface area contributed by atoms with Gasteiger partial charge in [0.25, 0.3) is 0 Å². The molecule has 2 unspecified atom stereocenters. The number of urea groups is 1. The van der Waals surface area contributed by atoms with Crippen molar-refractivity contribution in [3.8, 4) is 22.5 Å². The van der Waals surface area contributed by atoms with Gasteiger partial charge in [0.1, 0.15) is 17.8 Å². The smallest absolute Gasteiger partial charge is 0.321 e. The molecule has 0 radical (unpaired) electrons. The number of carbonyl (C=O) groups is 1. The summed E-state index contributed by atoms with van der Waals surface area (Å²) in [6, 6.07) is 13.2. The van der Waals surface area contributed by atoms with Gasteiger partial charge in [0.15, 0.2) is 0 Å². The number of carbonyl (C=O) groups excluding carboxylic acids is 1. The molecular formula is C38H48FN7O2. The lowest BCUT2D eigenvalue weighted by Crippen LogP contribution is -2.45. The highest BCUT2D eigenvalue weighted by atomic mass is 19.1. The molecule has 1 spiro atoms. The molecule has 7 rings (SSSR count). The third kappa shape index (κ3) is 6.84. The lowest BCUT2D eigenvalue weighted by molar-refractivity contribution is 0.0701. The average Bonchev–Trinajstić information content (AvgIpc) is 3.68. The number of anilines is 1. The average molecular weight is 654 g/mol. The predicted octanol–water partition coefficient (Wildman–Crippen LogP) is 6.58. The number of likely N-dealkylation sites (tertiary alicyclic amines) is 2. The number of nitrogens with one attached hydrogen (secondary N) is 3. The van der Waals surface area contributed by atoms with Crippen LogP contribution in [0.1, 0.15) is 57.1 Å². The monoisotopic (exact) mass is 653 g/mol. The molecule has 2 aromatic carbocycles. The molecule has 2 aromatic heterocycles. The Hall–Kier alpha value is -3.86. The molecule has 0 aliphatic carbocycles. The zero-order valence-corrected chi connectivity index (χ0v) is 28.4. The van der Waals surface area contributed by atoms with E-state index in [1.165, 1.54) is 49.7 Å². The van der Waals surface area contributed by atoms with Gasteiger partial charge in [-0.05, 0) is 111 Å². The number of hydrogen-bond donors (Lipinski definition) is 4. The van der Waals surface area contributed by atoms with Crippen molar-refractivity contribution in [3.63, 3.8) is 0 Å². The molecule has 3 aliphatic rings. The summed E-state index contributed by atoms with van der Waals surface area (Å²) in [4.78, 5) is 29.9. The van der Waals surface area contributed by atoms with Crippen LogP contribution in [0.15, 0.2) is 48.8 Å². The first-order valence-corrected chi connectivity index (χ1v) is 17.6. The molecule has 5 heterocycles. The summed E-state index contributed by atoms with van der Waals surface area (Å²) in [6.07, 6.45) is 6.99. The Labute approximate surface area is 282 Å². The van der Waals surface area contributed by atoms with E-state index in [1.54, 1.807) is 4.90 Å². The summed E-state index contributed by atoms with van der Waals surface area (Å²) in [5.41, 5.74) is 6.75. The van der Waals surface area contributed by atoms with Gasteiger partial charge in [-0.2, -0.15) is 0 Å². The highest BCUT2D eigenvalue weighted by Gasteiger charge is 2.36. The number of aromatic nitrogens is 3. The summed E-state index contributed by atoms with van der Waals surface area (Å²) in [6.45, 7) is 12.4. The number of halogens is 1. The third-order valence-electron chi connectivity index (χ3n) is 11.0. The molecule has 3 aliphatic heterocycles. The zero-order chi connectivity index (χ0) is 33.4. The number of piperidine rings is 2. The topological polar surface area (TPSA) is 109 Å². The van der Waals surface area contributed by atoms with E-state index in [1.807, 2.05) is 13.0 Å². The van der Waals surface area contributed by atoms with Crippen molar-refractivity contribution in [3.05, 3.63) is 65.7 Å². The van der Waals surface area contributed by atoms with Crippen LogP contribution < -0.4 is 10.6 Å². The van der Waals surface area contributed by atoms with Gasteiger partial charge in [0, 0.05) is 47.9 Å². The third-order valence-corrected chi connectivity index (χ3v) is 11.0. The maximum absolute atomic E-state index is 15.1. The van der Waals surface area contributed by atoms with E-state index in [9.17, 15) is 9.90 Å². The maximum Gasteiger partial charge on any atom is 0.321 e. The van der Waals surface area contributed by atoms with Crippen molar-refractivity contribution in [2.24, 2.45) is 17.3 Å². The summed E-state index contributed by atoms with van der Waals surface area (Å²) in [5, 5.41) is 17.7. The predicted molar refractivity (Wildman–Crippen MR) is 188 cm³/mol. The number of nitrogens with zero attached hydrogens (tertiary/aromatic N) is 4. The highest BCUT2D eigenvalue weighted by Crippen LogP contribution is 2.40. The molecule has 9 nitrogen and oxygen atoms in total. The molecule has 4 aromatic rings. The Morgan fingerprint density at radius 3 is 2.54 bits per heavy atom. The van der Waals surface area contributed by atoms with Gasteiger partial charge in [-0.3, -0.25) is 4.90 Å². The van der Waals surface area contributed by atoms with Crippen LogP contribution in [0, 0.1) is 30.0 Å². The van der Waals surface area contributed by atoms with Crippen LogP contribution in [-0.2, 0) is 6.54 Å². The fourth-order valence-electron chi connectivity index (χ4n) is 8.11. The Bertz CT molecular complexity index is 1750. The van der Waals surface area contributed by atoms with E-state index >= 15 is 4.39 Å². The molecular weight excluding hydrogens is 605 g/mol. The summed E-state index contributed by atoms with van der Waals surface area (Å²) in [5.74, 6) is -0.00627. The van der Waals surface area contributed by atoms with Crippen molar-refractivity contribution in [1.82, 2.24) is 30.1 Å². The number of aliphatic hydroxyl groups is 1. The summed E-state index contributed by atoms with van der Waals surface area (Å²) >= 11 is 0. The SMILES string of the molecule is Cc1c(NC(=O)N2CC(O)C(CC(C)C)C2)cc(F)cc1-c1ncnc2[nH]c(-c3ccc(CN4CCC5(CCNCC5)CC4)cc3)cc12. The lowest BCUT2D eigenvalue weighted by Gasteiger charge is -2.44. The first kappa shape index (κ1) is 32.7. The van der Waals surface area contributed by atoms with Crippen LogP contribution in [0.4, 0.5) is 14.9 Å². The number of benzene rings is 2. The Kier molecular flexibility index (Phi) is 9.24. The van der Waals surface area contributed by atoms with E-state index in [0.717, 1.165) is 55.8 Å². The van der Waals surface area contributed by atoms with Crippen molar-refractivity contribution in [1.29, 1.82) is 0 Å². The second-order valence-corrected chi connectivity index (χ2v) is 14.8. The Balaban J connectivity index is 1.06. The van der Waals surface area contributed by atoms with E-state index < -0.39 is 11.9 Å². The second kappa shape index (κ2) is 13.6. The minimum Gasteiger partial charge on any atom is -0.391 e. The molecule has 10 heteroatoms. The number of amides is 2. The van der Waals surface area contributed by atoms with Crippen molar-refractivity contribution >= 4 is 22.8 Å². The van der Waals surface area contributed by atoms with E-state index in [0.29, 0.717) is 46.0 Å². The van der Waals surface area contributed by atoms with Crippen LogP contribution in [0.3, 0.4) is 0 Å². The van der Waals surface area contributed by atoms with Gasteiger partial charge in [-0.15, -0.1) is 0 Å². The first-order chi connectivity index (χ1) is 23.2. The fourth-order valence-corrected chi connectivity index (χ4v) is 8.11. The molecule has 3 saturated heterocycles. The zero-order valence-electron chi connectivity index (χ0n) is 28.4. The first-order valence-electron chi connectivity index (χ1n) is 17.6. The quantitative estimate of drug-likeness (QED) is 0.180. The normalized spacial score (nSPS) is 21.4. The number of hydrogen-bond acceptors (Lipinski definition) is 6. The van der Waals surface area contributed by atoms with E-state index in [-0.39, 0.29) is 18.5 Å². The maximum atomic E-state index is 15.1. The van der Waals surface area contributed by atoms with E-state index in [4.69, 9.17) is 0 Å².